The van der Waals surface area contributed by atoms with Crippen molar-refractivity contribution < 1.29 is 19.4 Å². The number of amides is 1. The molecule has 1 aromatic heterocycles. The largest absolute Gasteiger partial charge is 0.493 e. The molecule has 8 heteroatoms. The Kier molecular flexibility index (Phi) is 4.69. The quantitative estimate of drug-likeness (QED) is 0.693. The number of rotatable bonds is 5. The van der Waals surface area contributed by atoms with E-state index < -0.39 is 11.9 Å². The molecule has 3 rings (SSSR count). The van der Waals surface area contributed by atoms with Crippen LogP contribution >= 0.6 is 27.3 Å². The summed E-state index contributed by atoms with van der Waals surface area (Å²) in [4.78, 5) is 23.3. The number of nitrogen functional groups attached to an aromatic ring is 1. The fourth-order valence-electron chi connectivity index (χ4n) is 3.11. The lowest BCUT2D eigenvalue weighted by Gasteiger charge is -2.14. The van der Waals surface area contributed by atoms with Crippen LogP contribution in [0.3, 0.4) is 0 Å². The fourth-order valence-corrected chi connectivity index (χ4v) is 4.95. The summed E-state index contributed by atoms with van der Waals surface area (Å²) in [5.41, 5.74) is 11.7. The van der Waals surface area contributed by atoms with Crippen molar-refractivity contribution in [2.24, 2.45) is 11.7 Å². The Hall–Kier alpha value is -1.80. The summed E-state index contributed by atoms with van der Waals surface area (Å²) in [7, 11) is 0. The third-order valence-corrected chi connectivity index (χ3v) is 6.17. The first kappa shape index (κ1) is 17.0. The molecule has 1 amide bonds. The molecule has 24 heavy (non-hydrogen) atoms. The molecule has 1 fully saturated rings. The first-order chi connectivity index (χ1) is 11.4. The van der Waals surface area contributed by atoms with Crippen LogP contribution in [0.25, 0.3) is 10.1 Å². The average Bonchev–Trinajstić information content (AvgIpc) is 3.12. The summed E-state index contributed by atoms with van der Waals surface area (Å²) in [6, 6.07) is 1.61. The molecule has 0 unspecified atom stereocenters. The number of thiophene rings is 1. The maximum absolute atomic E-state index is 11.6. The number of carbonyl (C=O) groups excluding carboxylic acids is 1. The zero-order valence-electron chi connectivity index (χ0n) is 12.8. The van der Waals surface area contributed by atoms with Gasteiger partial charge < -0.3 is 21.3 Å². The fraction of sp³-hybridized carbons (Fsp3) is 0.375. The maximum Gasteiger partial charge on any atom is 0.338 e. The lowest BCUT2D eigenvalue weighted by molar-refractivity contribution is 0.0698. The molecule has 0 atom stereocenters. The molecule has 1 aromatic carbocycles. The van der Waals surface area contributed by atoms with E-state index in [0.717, 1.165) is 24.2 Å². The molecular formula is C16H17BrN2O4S. The molecule has 5 N–H and O–H groups in total. The Morgan fingerprint density at radius 1 is 1.38 bits per heavy atom. The number of nitrogens with two attached hydrogens (primary N) is 2. The molecule has 0 aliphatic heterocycles. The zero-order chi connectivity index (χ0) is 17.4. The van der Waals surface area contributed by atoms with Crippen LogP contribution in [-0.2, 0) is 0 Å². The lowest BCUT2D eigenvalue weighted by atomic mass is 10.1. The molecule has 1 aliphatic carbocycles. The van der Waals surface area contributed by atoms with Crippen LogP contribution in [0.5, 0.6) is 5.75 Å². The third-order valence-electron chi connectivity index (χ3n) is 4.30. The summed E-state index contributed by atoms with van der Waals surface area (Å²) >= 11 is 4.27. The van der Waals surface area contributed by atoms with Crippen molar-refractivity contribution in [1.29, 1.82) is 0 Å². The number of anilines is 1. The van der Waals surface area contributed by atoms with Crippen LogP contribution in [0.2, 0.25) is 0 Å². The summed E-state index contributed by atoms with van der Waals surface area (Å²) in [5.74, 6) is -0.808. The van der Waals surface area contributed by atoms with Crippen molar-refractivity contribution in [1.82, 2.24) is 0 Å². The average molecular weight is 413 g/mol. The molecule has 0 bridgehead atoms. The van der Waals surface area contributed by atoms with Crippen LogP contribution in [0, 0.1) is 5.92 Å². The number of hydrogen-bond acceptors (Lipinski definition) is 5. The molecule has 1 saturated carbocycles. The van der Waals surface area contributed by atoms with Gasteiger partial charge in [0.05, 0.1) is 27.9 Å². The second-order valence-electron chi connectivity index (χ2n) is 5.91. The summed E-state index contributed by atoms with van der Waals surface area (Å²) in [6.45, 7) is 0.551. The van der Waals surface area contributed by atoms with Gasteiger partial charge in [-0.25, -0.2) is 4.79 Å². The van der Waals surface area contributed by atoms with Crippen LogP contribution in [0.15, 0.2) is 10.5 Å². The van der Waals surface area contributed by atoms with E-state index in [0.29, 0.717) is 32.8 Å². The number of carboxylic acids is 1. The van der Waals surface area contributed by atoms with Gasteiger partial charge in [0.25, 0.3) is 5.91 Å². The Morgan fingerprint density at radius 3 is 2.62 bits per heavy atom. The van der Waals surface area contributed by atoms with Gasteiger partial charge >= 0.3 is 5.97 Å². The Labute approximate surface area is 150 Å². The SMILES string of the molecule is NC(=O)c1sc2c(C(=O)O)c(Br)cc(OCC3CCCC3)c2c1N. The predicted octanol–water partition coefficient (Wildman–Crippen LogP) is 3.61. The van der Waals surface area contributed by atoms with E-state index in [1.165, 1.54) is 12.8 Å². The first-order valence-electron chi connectivity index (χ1n) is 7.60. The highest BCUT2D eigenvalue weighted by atomic mass is 79.9. The number of ether oxygens (including phenoxy) is 1. The van der Waals surface area contributed by atoms with Crippen molar-refractivity contribution in [2.75, 3.05) is 12.3 Å². The van der Waals surface area contributed by atoms with Crippen molar-refractivity contribution in [3.8, 4) is 5.75 Å². The molecular weight excluding hydrogens is 396 g/mol. The van der Waals surface area contributed by atoms with Gasteiger partial charge in [0.2, 0.25) is 0 Å². The lowest BCUT2D eigenvalue weighted by Crippen LogP contribution is -2.11. The number of primary amides is 1. The van der Waals surface area contributed by atoms with Crippen LogP contribution in [-0.4, -0.2) is 23.6 Å². The molecule has 2 aromatic rings. The highest BCUT2D eigenvalue weighted by Gasteiger charge is 2.25. The summed E-state index contributed by atoms with van der Waals surface area (Å²) in [5, 5.41) is 9.93. The highest BCUT2D eigenvalue weighted by molar-refractivity contribution is 9.10. The van der Waals surface area contributed by atoms with Crippen LogP contribution < -0.4 is 16.2 Å². The van der Waals surface area contributed by atoms with Gasteiger partial charge in [0.1, 0.15) is 10.6 Å². The smallest absolute Gasteiger partial charge is 0.338 e. The van der Waals surface area contributed by atoms with Gasteiger partial charge in [-0.15, -0.1) is 11.3 Å². The van der Waals surface area contributed by atoms with Gasteiger partial charge in [0.15, 0.2) is 0 Å². The number of carbonyl (C=O) groups is 2. The van der Waals surface area contributed by atoms with Crippen molar-refractivity contribution in [3.05, 3.63) is 21.0 Å². The molecule has 128 valence electrons. The van der Waals surface area contributed by atoms with Crippen molar-refractivity contribution in [2.45, 2.75) is 25.7 Å². The minimum absolute atomic E-state index is 0.0578. The molecule has 6 nitrogen and oxygen atoms in total. The molecule has 0 radical (unpaired) electrons. The van der Waals surface area contributed by atoms with Crippen LogP contribution in [0.4, 0.5) is 5.69 Å². The van der Waals surface area contributed by atoms with E-state index in [9.17, 15) is 14.7 Å². The second-order valence-corrected chi connectivity index (χ2v) is 7.79. The minimum atomic E-state index is -1.11. The van der Waals surface area contributed by atoms with E-state index in [2.05, 4.69) is 15.9 Å². The summed E-state index contributed by atoms with van der Waals surface area (Å²) < 4.78 is 6.73. The molecule has 0 saturated heterocycles. The van der Waals surface area contributed by atoms with Crippen molar-refractivity contribution >= 4 is 54.9 Å². The predicted molar refractivity (Wildman–Crippen MR) is 96.9 cm³/mol. The van der Waals surface area contributed by atoms with Gasteiger partial charge in [0, 0.05) is 4.47 Å². The van der Waals surface area contributed by atoms with E-state index in [1.54, 1.807) is 6.07 Å². The standard InChI is InChI=1S/C16H17BrN2O4S/c17-8-5-9(23-6-7-3-1-2-4-7)11-12(18)14(15(19)20)24-13(11)10(8)16(21)22/h5,7H,1-4,6,18H2,(H2,19,20)(H,21,22). The maximum atomic E-state index is 11.6. The van der Waals surface area contributed by atoms with Gasteiger partial charge in [-0.1, -0.05) is 12.8 Å². The Morgan fingerprint density at radius 2 is 2.04 bits per heavy atom. The molecule has 1 heterocycles. The number of halogens is 1. The van der Waals surface area contributed by atoms with Crippen molar-refractivity contribution in [3.63, 3.8) is 0 Å². The van der Waals surface area contributed by atoms with Crippen LogP contribution in [0.1, 0.15) is 45.7 Å². The number of hydrogen-bond donors (Lipinski definition) is 3. The highest BCUT2D eigenvalue weighted by Crippen LogP contribution is 2.44. The molecule has 1 aliphatic rings. The topological polar surface area (TPSA) is 116 Å². The summed E-state index contributed by atoms with van der Waals surface area (Å²) in [6.07, 6.45) is 4.67. The number of aromatic carboxylic acids is 1. The number of fused-ring (bicyclic) bond motifs is 1. The van der Waals surface area contributed by atoms with E-state index in [1.807, 2.05) is 0 Å². The van der Waals surface area contributed by atoms with E-state index in [-0.39, 0.29) is 16.1 Å². The Balaban J connectivity index is 2.12. The number of benzene rings is 1. The Bertz CT molecular complexity index is 827. The monoisotopic (exact) mass is 412 g/mol. The zero-order valence-corrected chi connectivity index (χ0v) is 15.2. The van der Waals surface area contributed by atoms with E-state index >= 15 is 0 Å². The van der Waals surface area contributed by atoms with Gasteiger partial charge in [-0.05, 0) is 40.8 Å². The van der Waals surface area contributed by atoms with Gasteiger partial charge in [-0.3, -0.25) is 4.79 Å². The second kappa shape index (κ2) is 6.60. The van der Waals surface area contributed by atoms with E-state index in [4.69, 9.17) is 16.2 Å². The number of carboxylic acid groups (broad SMARTS) is 1. The van der Waals surface area contributed by atoms with Gasteiger partial charge in [-0.2, -0.15) is 0 Å². The minimum Gasteiger partial charge on any atom is -0.493 e. The first-order valence-corrected chi connectivity index (χ1v) is 9.21. The third kappa shape index (κ3) is 2.95. The normalized spacial score (nSPS) is 15.0. The molecule has 0 spiro atoms.